The fraction of sp³-hybridized carbons (Fsp3) is 0.571. The molecule has 1 aromatic rings. The summed E-state index contributed by atoms with van der Waals surface area (Å²) in [6, 6.07) is 0. The van der Waals surface area contributed by atoms with Gasteiger partial charge in [-0.05, 0) is 63.4 Å². The van der Waals surface area contributed by atoms with E-state index in [0.29, 0.717) is 10.6 Å². The maximum atomic E-state index is 13.1. The van der Waals surface area contributed by atoms with Crippen molar-refractivity contribution in [3.05, 3.63) is 28.2 Å². The van der Waals surface area contributed by atoms with Crippen LogP contribution in [0.4, 0.5) is 5.00 Å². The standard InChI is InChI=1S/C21H25NO5S/c1-10(2)27-21(26)17-13-4-3-5-14(13)28-19(17)22-18(23)15-11-6-8-12(9-7-11)16(15)20(24)25/h6,8,10-12,15-16H,3-5,7,9H2,1-2H3,(H,22,23)(H,24,25)/t11-,12-,15+,16+/m0/s1. The number of anilines is 1. The zero-order chi connectivity index (χ0) is 20.0. The third kappa shape index (κ3) is 3.26. The average molecular weight is 404 g/mol. The topological polar surface area (TPSA) is 92.7 Å². The summed E-state index contributed by atoms with van der Waals surface area (Å²) in [7, 11) is 0. The minimum absolute atomic E-state index is 0.0658. The fourth-order valence-electron chi connectivity index (χ4n) is 4.86. The van der Waals surface area contributed by atoms with Gasteiger partial charge in [-0.1, -0.05) is 12.2 Å². The Hall–Kier alpha value is -2.15. The van der Waals surface area contributed by atoms with Gasteiger partial charge in [0, 0.05) is 4.88 Å². The molecule has 1 saturated carbocycles. The molecular formula is C21H25NO5S. The first kappa shape index (κ1) is 19.2. The Balaban J connectivity index is 1.62. The van der Waals surface area contributed by atoms with E-state index in [1.807, 2.05) is 12.2 Å². The van der Waals surface area contributed by atoms with Crippen LogP contribution in [-0.2, 0) is 27.2 Å². The molecule has 0 aliphatic heterocycles. The maximum absolute atomic E-state index is 13.1. The summed E-state index contributed by atoms with van der Waals surface area (Å²) in [6.07, 6.45) is 8.01. The van der Waals surface area contributed by atoms with E-state index < -0.39 is 23.8 Å². The van der Waals surface area contributed by atoms with Gasteiger partial charge in [0.15, 0.2) is 0 Å². The van der Waals surface area contributed by atoms with Crippen LogP contribution in [0.15, 0.2) is 12.2 Å². The van der Waals surface area contributed by atoms with Crippen molar-refractivity contribution < 1.29 is 24.2 Å². The van der Waals surface area contributed by atoms with Crippen LogP contribution in [0.1, 0.15) is 53.9 Å². The molecule has 1 fully saturated rings. The summed E-state index contributed by atoms with van der Waals surface area (Å²) in [5, 5.41) is 13.1. The molecule has 6 nitrogen and oxygen atoms in total. The molecule has 0 saturated heterocycles. The number of carbonyl (C=O) groups excluding carboxylic acids is 2. The minimum atomic E-state index is -0.924. The zero-order valence-corrected chi connectivity index (χ0v) is 16.9. The summed E-state index contributed by atoms with van der Waals surface area (Å²) in [5.74, 6) is -3.11. The Labute approximate surface area is 168 Å². The van der Waals surface area contributed by atoms with E-state index in [2.05, 4.69) is 5.32 Å². The third-order valence-electron chi connectivity index (χ3n) is 6.04. The van der Waals surface area contributed by atoms with Crippen LogP contribution < -0.4 is 5.32 Å². The van der Waals surface area contributed by atoms with Gasteiger partial charge in [0.05, 0.1) is 23.5 Å². The number of rotatable bonds is 5. The molecule has 4 atom stereocenters. The number of carboxylic acid groups (broad SMARTS) is 1. The molecule has 2 bridgehead atoms. The molecule has 4 aliphatic carbocycles. The van der Waals surface area contributed by atoms with E-state index in [9.17, 15) is 19.5 Å². The number of allylic oxidation sites excluding steroid dienone is 2. The third-order valence-corrected chi connectivity index (χ3v) is 7.25. The predicted octanol–water partition coefficient (Wildman–Crippen LogP) is 3.65. The second-order valence-electron chi connectivity index (χ2n) is 8.18. The van der Waals surface area contributed by atoms with E-state index in [0.717, 1.165) is 42.5 Å². The van der Waals surface area contributed by atoms with E-state index in [4.69, 9.17) is 4.74 Å². The van der Waals surface area contributed by atoms with Crippen LogP contribution in [0, 0.1) is 23.7 Å². The Morgan fingerprint density at radius 1 is 1.14 bits per heavy atom. The highest BCUT2D eigenvalue weighted by Gasteiger charge is 2.48. The van der Waals surface area contributed by atoms with Crippen molar-refractivity contribution in [2.75, 3.05) is 5.32 Å². The fourth-order valence-corrected chi connectivity index (χ4v) is 6.15. The van der Waals surface area contributed by atoms with Gasteiger partial charge in [0.2, 0.25) is 5.91 Å². The number of amides is 1. The van der Waals surface area contributed by atoms with Gasteiger partial charge < -0.3 is 15.2 Å². The molecule has 5 rings (SSSR count). The van der Waals surface area contributed by atoms with E-state index in [-0.39, 0.29) is 23.8 Å². The monoisotopic (exact) mass is 403 g/mol. The van der Waals surface area contributed by atoms with E-state index in [1.165, 1.54) is 11.3 Å². The van der Waals surface area contributed by atoms with E-state index in [1.54, 1.807) is 13.8 Å². The number of hydrogen-bond donors (Lipinski definition) is 2. The second-order valence-corrected chi connectivity index (χ2v) is 9.29. The molecular weight excluding hydrogens is 378 g/mol. The summed E-state index contributed by atoms with van der Waals surface area (Å²) in [6.45, 7) is 3.59. The highest BCUT2D eigenvalue weighted by Crippen LogP contribution is 2.46. The smallest absolute Gasteiger partial charge is 0.341 e. The SMILES string of the molecule is CC(C)OC(=O)c1c(NC(=O)[C@H]2[C@H](C(=O)O)[C@H]3C=C[C@H]2CC3)sc2c1CCC2. The van der Waals surface area contributed by atoms with Crippen LogP contribution in [0.2, 0.25) is 0 Å². The number of fused-ring (bicyclic) bond motifs is 3. The quantitative estimate of drug-likeness (QED) is 0.578. The Morgan fingerprint density at radius 3 is 2.43 bits per heavy atom. The Kier molecular flexibility index (Phi) is 5.04. The molecule has 1 aromatic heterocycles. The molecule has 7 heteroatoms. The normalized spacial score (nSPS) is 27.7. The number of ether oxygens (including phenoxy) is 1. The molecule has 0 aromatic carbocycles. The van der Waals surface area contributed by atoms with Crippen LogP contribution in [0.5, 0.6) is 0 Å². The molecule has 0 spiro atoms. The van der Waals surface area contributed by atoms with Gasteiger partial charge in [-0.25, -0.2) is 4.79 Å². The highest BCUT2D eigenvalue weighted by molar-refractivity contribution is 7.17. The number of carbonyl (C=O) groups is 3. The van der Waals surface area contributed by atoms with Crippen molar-refractivity contribution in [3.63, 3.8) is 0 Å². The number of aliphatic carboxylic acids is 1. The van der Waals surface area contributed by atoms with Gasteiger partial charge in [0.25, 0.3) is 0 Å². The van der Waals surface area contributed by atoms with Crippen molar-refractivity contribution in [2.45, 2.75) is 52.1 Å². The Bertz CT molecular complexity index is 855. The van der Waals surface area contributed by atoms with Crippen LogP contribution >= 0.6 is 11.3 Å². The number of hydrogen-bond acceptors (Lipinski definition) is 5. The average Bonchev–Trinajstić information content (AvgIpc) is 3.21. The summed E-state index contributed by atoms with van der Waals surface area (Å²) >= 11 is 1.43. The summed E-state index contributed by atoms with van der Waals surface area (Å²) < 4.78 is 5.41. The number of nitrogens with one attached hydrogen (secondary N) is 1. The first-order chi connectivity index (χ1) is 13.4. The van der Waals surface area contributed by atoms with Crippen molar-refractivity contribution in [1.82, 2.24) is 0 Å². The molecule has 0 radical (unpaired) electrons. The van der Waals surface area contributed by atoms with Gasteiger partial charge in [-0.15, -0.1) is 11.3 Å². The lowest BCUT2D eigenvalue weighted by Crippen LogP contribution is -2.47. The maximum Gasteiger partial charge on any atom is 0.341 e. The molecule has 150 valence electrons. The molecule has 28 heavy (non-hydrogen) atoms. The lowest BCUT2D eigenvalue weighted by Gasteiger charge is -2.41. The van der Waals surface area contributed by atoms with Gasteiger partial charge in [0.1, 0.15) is 5.00 Å². The predicted molar refractivity (Wildman–Crippen MR) is 105 cm³/mol. The lowest BCUT2D eigenvalue weighted by atomic mass is 9.62. The first-order valence-corrected chi connectivity index (χ1v) is 10.8. The largest absolute Gasteiger partial charge is 0.481 e. The van der Waals surface area contributed by atoms with E-state index >= 15 is 0 Å². The molecule has 2 N–H and O–H groups in total. The molecule has 0 unspecified atom stereocenters. The molecule has 1 amide bonds. The van der Waals surface area contributed by atoms with Crippen LogP contribution in [0.3, 0.4) is 0 Å². The second kappa shape index (κ2) is 7.35. The van der Waals surface area contributed by atoms with Crippen molar-refractivity contribution in [2.24, 2.45) is 23.7 Å². The van der Waals surface area contributed by atoms with Gasteiger partial charge in [-0.3, -0.25) is 9.59 Å². The van der Waals surface area contributed by atoms with Gasteiger partial charge in [-0.2, -0.15) is 0 Å². The minimum Gasteiger partial charge on any atom is -0.481 e. The number of esters is 1. The summed E-state index contributed by atoms with van der Waals surface area (Å²) in [4.78, 5) is 38.8. The summed E-state index contributed by atoms with van der Waals surface area (Å²) in [5.41, 5.74) is 1.44. The van der Waals surface area contributed by atoms with Crippen molar-refractivity contribution in [1.29, 1.82) is 0 Å². The van der Waals surface area contributed by atoms with Gasteiger partial charge >= 0.3 is 11.9 Å². The number of carboxylic acids is 1. The zero-order valence-electron chi connectivity index (χ0n) is 16.1. The van der Waals surface area contributed by atoms with Crippen molar-refractivity contribution in [3.8, 4) is 0 Å². The van der Waals surface area contributed by atoms with Crippen LogP contribution in [-0.4, -0.2) is 29.1 Å². The molecule has 1 heterocycles. The van der Waals surface area contributed by atoms with Crippen LogP contribution in [0.25, 0.3) is 0 Å². The first-order valence-electron chi connectivity index (χ1n) is 9.94. The highest BCUT2D eigenvalue weighted by atomic mass is 32.1. The molecule has 4 aliphatic rings. The number of aryl methyl sites for hydroxylation is 1. The lowest BCUT2D eigenvalue weighted by molar-refractivity contribution is -0.151. The number of thiophene rings is 1. The Morgan fingerprint density at radius 2 is 1.82 bits per heavy atom. The van der Waals surface area contributed by atoms with Crippen molar-refractivity contribution >= 4 is 34.2 Å².